The molecule has 0 amide bonds. The standard InChI is InChI=1S/C17H20ClN3O/c1-12-15-3-2-14(18)8-16(15)17(22-12)4-6-21(7-5-17)11-13-9-19-20-10-13/h2-3,8-10,12H,4-7,11H2,1H3,(H,19,20). The number of rotatable bonds is 2. The van der Waals surface area contributed by atoms with Crippen LogP contribution in [0.2, 0.25) is 5.02 Å². The number of nitrogens with zero attached hydrogens (tertiary/aromatic N) is 2. The smallest absolute Gasteiger partial charge is 0.0968 e. The van der Waals surface area contributed by atoms with Gasteiger partial charge in [-0.05, 0) is 43.0 Å². The van der Waals surface area contributed by atoms with Crippen LogP contribution >= 0.6 is 11.6 Å². The fourth-order valence-corrected chi connectivity index (χ4v) is 4.00. The minimum Gasteiger partial charge on any atom is -0.363 e. The fourth-order valence-electron chi connectivity index (χ4n) is 3.82. The first-order chi connectivity index (χ1) is 10.7. The van der Waals surface area contributed by atoms with Gasteiger partial charge >= 0.3 is 0 Å². The summed E-state index contributed by atoms with van der Waals surface area (Å²) in [7, 11) is 0. The molecule has 3 heterocycles. The summed E-state index contributed by atoms with van der Waals surface area (Å²) >= 11 is 6.22. The van der Waals surface area contributed by atoms with Crippen molar-refractivity contribution in [2.75, 3.05) is 13.1 Å². The van der Waals surface area contributed by atoms with Crippen molar-refractivity contribution in [3.05, 3.63) is 52.3 Å². The lowest BCUT2D eigenvalue weighted by Crippen LogP contribution is -2.42. The summed E-state index contributed by atoms with van der Waals surface area (Å²) in [5.74, 6) is 0. The summed E-state index contributed by atoms with van der Waals surface area (Å²) in [6, 6.07) is 6.19. The average molecular weight is 318 g/mol. The molecule has 1 spiro atoms. The number of piperidine rings is 1. The van der Waals surface area contributed by atoms with E-state index in [1.54, 1.807) is 0 Å². The van der Waals surface area contributed by atoms with Crippen molar-refractivity contribution in [2.24, 2.45) is 0 Å². The normalized spacial score (nSPS) is 23.8. The maximum Gasteiger partial charge on any atom is 0.0968 e. The lowest BCUT2D eigenvalue weighted by atomic mass is 9.83. The zero-order valence-electron chi connectivity index (χ0n) is 12.7. The lowest BCUT2D eigenvalue weighted by Gasteiger charge is -2.39. The van der Waals surface area contributed by atoms with E-state index in [1.807, 2.05) is 18.5 Å². The monoisotopic (exact) mass is 317 g/mol. The van der Waals surface area contributed by atoms with E-state index in [9.17, 15) is 0 Å². The van der Waals surface area contributed by atoms with Gasteiger partial charge < -0.3 is 4.74 Å². The molecule has 5 heteroatoms. The van der Waals surface area contributed by atoms with Crippen molar-refractivity contribution in [3.8, 4) is 0 Å². The van der Waals surface area contributed by atoms with E-state index in [1.165, 1.54) is 16.7 Å². The molecule has 1 aromatic carbocycles. The summed E-state index contributed by atoms with van der Waals surface area (Å²) in [5, 5.41) is 7.70. The number of nitrogens with one attached hydrogen (secondary N) is 1. The fraction of sp³-hybridized carbons (Fsp3) is 0.471. The van der Waals surface area contributed by atoms with Gasteiger partial charge in [0.25, 0.3) is 0 Å². The number of aromatic amines is 1. The van der Waals surface area contributed by atoms with Crippen molar-refractivity contribution < 1.29 is 4.74 Å². The number of benzene rings is 1. The van der Waals surface area contributed by atoms with Gasteiger partial charge in [-0.15, -0.1) is 0 Å². The largest absolute Gasteiger partial charge is 0.363 e. The van der Waals surface area contributed by atoms with E-state index in [2.05, 4.69) is 34.2 Å². The Morgan fingerprint density at radius 3 is 2.95 bits per heavy atom. The van der Waals surface area contributed by atoms with E-state index in [0.29, 0.717) is 0 Å². The van der Waals surface area contributed by atoms with E-state index < -0.39 is 0 Å². The summed E-state index contributed by atoms with van der Waals surface area (Å²) in [4.78, 5) is 2.46. The highest BCUT2D eigenvalue weighted by atomic mass is 35.5. The maximum atomic E-state index is 6.39. The summed E-state index contributed by atoms with van der Waals surface area (Å²) < 4.78 is 6.39. The Morgan fingerprint density at radius 2 is 2.23 bits per heavy atom. The number of H-pyrrole nitrogens is 1. The SMILES string of the molecule is CC1OC2(CCN(Cc3cn[nH]c3)CC2)c2cc(Cl)ccc21. The Hall–Kier alpha value is -1.36. The van der Waals surface area contributed by atoms with E-state index in [4.69, 9.17) is 16.3 Å². The van der Waals surface area contributed by atoms with E-state index >= 15 is 0 Å². The Balaban J connectivity index is 1.53. The molecule has 2 aromatic rings. The number of hydrogen-bond acceptors (Lipinski definition) is 3. The second-order valence-corrected chi connectivity index (χ2v) is 6.81. The van der Waals surface area contributed by atoms with Crippen molar-refractivity contribution in [1.82, 2.24) is 15.1 Å². The zero-order chi connectivity index (χ0) is 15.2. The van der Waals surface area contributed by atoms with Crippen molar-refractivity contribution in [3.63, 3.8) is 0 Å². The highest BCUT2D eigenvalue weighted by molar-refractivity contribution is 6.30. The predicted octanol–water partition coefficient (Wildman–Crippen LogP) is 3.65. The third kappa shape index (κ3) is 2.35. The Kier molecular flexibility index (Phi) is 3.48. The molecule has 1 unspecified atom stereocenters. The highest BCUT2D eigenvalue weighted by Gasteiger charge is 2.45. The van der Waals surface area contributed by atoms with Crippen LogP contribution in [0.4, 0.5) is 0 Å². The van der Waals surface area contributed by atoms with Gasteiger partial charge in [-0.1, -0.05) is 17.7 Å². The summed E-state index contributed by atoms with van der Waals surface area (Å²) in [6.07, 6.45) is 6.05. The number of fused-ring (bicyclic) bond motifs is 2. The van der Waals surface area contributed by atoms with Crippen LogP contribution in [0.25, 0.3) is 0 Å². The molecule has 0 radical (unpaired) electrons. The predicted molar refractivity (Wildman–Crippen MR) is 85.7 cm³/mol. The van der Waals surface area contributed by atoms with Crippen molar-refractivity contribution in [1.29, 1.82) is 0 Å². The number of ether oxygens (including phenoxy) is 1. The third-order valence-corrected chi connectivity index (χ3v) is 5.21. The Labute approximate surface area is 135 Å². The van der Waals surface area contributed by atoms with Crippen LogP contribution in [0.5, 0.6) is 0 Å². The van der Waals surface area contributed by atoms with Gasteiger partial charge in [0, 0.05) is 36.4 Å². The lowest BCUT2D eigenvalue weighted by molar-refractivity contribution is -0.104. The molecule has 1 N–H and O–H groups in total. The van der Waals surface area contributed by atoms with E-state index in [-0.39, 0.29) is 11.7 Å². The van der Waals surface area contributed by atoms with Gasteiger partial charge in [-0.25, -0.2) is 0 Å². The van der Waals surface area contributed by atoms with Gasteiger partial charge in [0.05, 0.1) is 17.9 Å². The Morgan fingerprint density at radius 1 is 1.41 bits per heavy atom. The topological polar surface area (TPSA) is 41.1 Å². The van der Waals surface area contributed by atoms with Gasteiger partial charge in [-0.2, -0.15) is 5.10 Å². The molecule has 2 aliphatic heterocycles. The number of aromatic nitrogens is 2. The molecule has 1 saturated heterocycles. The van der Waals surface area contributed by atoms with Crippen LogP contribution in [0.3, 0.4) is 0 Å². The van der Waals surface area contributed by atoms with Crippen LogP contribution in [-0.2, 0) is 16.9 Å². The molecule has 2 aliphatic rings. The first-order valence-electron chi connectivity index (χ1n) is 7.84. The van der Waals surface area contributed by atoms with Crippen LogP contribution in [0, 0.1) is 0 Å². The quantitative estimate of drug-likeness (QED) is 0.919. The van der Waals surface area contributed by atoms with Crippen molar-refractivity contribution >= 4 is 11.6 Å². The number of halogens is 1. The third-order valence-electron chi connectivity index (χ3n) is 4.97. The van der Waals surface area contributed by atoms with E-state index in [0.717, 1.165) is 37.5 Å². The molecule has 22 heavy (non-hydrogen) atoms. The van der Waals surface area contributed by atoms with Gasteiger partial charge in [0.15, 0.2) is 0 Å². The molecule has 4 rings (SSSR count). The van der Waals surface area contributed by atoms with Crippen LogP contribution in [-0.4, -0.2) is 28.2 Å². The molecule has 1 atom stereocenters. The van der Waals surface area contributed by atoms with Crippen LogP contribution in [0.15, 0.2) is 30.6 Å². The molecule has 4 nitrogen and oxygen atoms in total. The first kappa shape index (κ1) is 14.2. The second kappa shape index (κ2) is 5.37. The van der Waals surface area contributed by atoms with Crippen LogP contribution < -0.4 is 0 Å². The summed E-state index contributed by atoms with van der Waals surface area (Å²) in [5.41, 5.74) is 3.69. The molecular weight excluding hydrogens is 298 g/mol. The van der Waals surface area contributed by atoms with Gasteiger partial charge in [0.2, 0.25) is 0 Å². The first-order valence-corrected chi connectivity index (χ1v) is 8.22. The van der Waals surface area contributed by atoms with Crippen molar-refractivity contribution in [2.45, 2.75) is 38.0 Å². The molecule has 0 saturated carbocycles. The minimum atomic E-state index is -0.146. The molecular formula is C17H20ClN3O. The van der Waals surface area contributed by atoms with Gasteiger partial charge in [0.1, 0.15) is 0 Å². The Bertz CT molecular complexity index is 663. The number of likely N-dealkylation sites (tertiary alicyclic amines) is 1. The average Bonchev–Trinajstić information content (AvgIpc) is 3.10. The highest BCUT2D eigenvalue weighted by Crippen LogP contribution is 2.49. The molecule has 1 fully saturated rings. The number of hydrogen-bond donors (Lipinski definition) is 1. The van der Waals surface area contributed by atoms with Crippen LogP contribution in [0.1, 0.15) is 42.6 Å². The molecule has 1 aromatic heterocycles. The molecule has 0 bridgehead atoms. The second-order valence-electron chi connectivity index (χ2n) is 6.37. The molecule has 0 aliphatic carbocycles. The minimum absolute atomic E-state index is 0.146. The van der Waals surface area contributed by atoms with Gasteiger partial charge in [-0.3, -0.25) is 10.00 Å². The zero-order valence-corrected chi connectivity index (χ0v) is 13.4. The molecule has 116 valence electrons. The summed E-state index contributed by atoms with van der Waals surface area (Å²) in [6.45, 7) is 5.15. The maximum absolute atomic E-state index is 6.39.